The zero-order chi connectivity index (χ0) is 17.2. The molecule has 0 aliphatic carbocycles. The Morgan fingerprint density at radius 1 is 1.28 bits per heavy atom. The van der Waals surface area contributed by atoms with Crippen molar-refractivity contribution in [3.05, 3.63) is 24.3 Å². The van der Waals surface area contributed by atoms with Gasteiger partial charge in [-0.15, -0.1) is 12.4 Å². The summed E-state index contributed by atoms with van der Waals surface area (Å²) in [6, 6.07) is 8.04. The topological polar surface area (TPSA) is 78.5 Å². The first-order valence-electron chi connectivity index (χ1n) is 8.53. The van der Waals surface area contributed by atoms with Gasteiger partial charge < -0.3 is 15.5 Å². The number of hydrogen-bond donors (Lipinski definition) is 2. The van der Waals surface area contributed by atoms with E-state index < -0.39 is 9.84 Å². The first kappa shape index (κ1) is 20.0. The van der Waals surface area contributed by atoms with Crippen LogP contribution >= 0.6 is 12.4 Å². The first-order chi connectivity index (χ1) is 11.4. The van der Waals surface area contributed by atoms with E-state index in [9.17, 15) is 13.2 Å². The number of carbonyl (C=O) groups is 1. The van der Waals surface area contributed by atoms with E-state index in [4.69, 9.17) is 0 Å². The van der Waals surface area contributed by atoms with E-state index in [0.717, 1.165) is 30.8 Å². The second-order valence-corrected chi connectivity index (χ2v) is 9.06. The van der Waals surface area contributed by atoms with Gasteiger partial charge in [0.05, 0.1) is 11.5 Å². The van der Waals surface area contributed by atoms with Crippen LogP contribution in [0.3, 0.4) is 0 Å². The van der Waals surface area contributed by atoms with Gasteiger partial charge in [-0.05, 0) is 44.5 Å². The number of hydrogen-bond acceptors (Lipinski definition) is 5. The summed E-state index contributed by atoms with van der Waals surface area (Å²) in [6.07, 6.45) is 1.72. The molecule has 1 amide bonds. The molecule has 2 aliphatic heterocycles. The third kappa shape index (κ3) is 5.33. The second kappa shape index (κ2) is 8.38. The summed E-state index contributed by atoms with van der Waals surface area (Å²) in [5, 5.41) is 6.37. The van der Waals surface area contributed by atoms with Crippen molar-refractivity contribution < 1.29 is 13.2 Å². The number of rotatable bonds is 3. The lowest BCUT2D eigenvalue weighted by molar-refractivity contribution is -0.120. The number of nitrogens with zero attached hydrogens (tertiary/aromatic N) is 1. The maximum Gasteiger partial charge on any atom is 0.227 e. The summed E-state index contributed by atoms with van der Waals surface area (Å²) in [7, 11) is -2.89. The molecule has 0 bridgehead atoms. The molecule has 140 valence electrons. The normalized spacial score (nSPS) is 25.7. The molecule has 25 heavy (non-hydrogen) atoms. The number of sulfone groups is 1. The molecule has 0 aromatic heterocycles. The molecule has 3 rings (SSSR count). The van der Waals surface area contributed by atoms with E-state index in [2.05, 4.69) is 22.5 Å². The Kier molecular flexibility index (Phi) is 6.71. The van der Waals surface area contributed by atoms with Gasteiger partial charge in [-0.2, -0.15) is 0 Å². The Bertz CT molecular complexity index is 697. The minimum absolute atomic E-state index is 0. The fourth-order valence-electron chi connectivity index (χ4n) is 3.37. The van der Waals surface area contributed by atoms with Gasteiger partial charge in [0.25, 0.3) is 0 Å². The molecule has 2 fully saturated rings. The number of piperidine rings is 1. The monoisotopic (exact) mass is 387 g/mol. The van der Waals surface area contributed by atoms with Gasteiger partial charge in [-0.3, -0.25) is 4.79 Å². The Morgan fingerprint density at radius 2 is 2.00 bits per heavy atom. The highest BCUT2D eigenvalue weighted by Gasteiger charge is 2.25. The van der Waals surface area contributed by atoms with Crippen LogP contribution < -0.4 is 15.5 Å². The van der Waals surface area contributed by atoms with Crippen LogP contribution in [0.2, 0.25) is 0 Å². The number of benzene rings is 1. The molecular formula is C17H26ClN3O3S. The minimum atomic E-state index is -2.89. The molecule has 8 heteroatoms. The van der Waals surface area contributed by atoms with Crippen LogP contribution in [0.15, 0.2) is 24.3 Å². The predicted molar refractivity (Wildman–Crippen MR) is 103 cm³/mol. The lowest BCUT2D eigenvalue weighted by atomic mass is 9.92. The summed E-state index contributed by atoms with van der Waals surface area (Å²) in [6.45, 7) is 3.99. The molecule has 2 saturated heterocycles. The van der Waals surface area contributed by atoms with Crippen molar-refractivity contribution in [2.24, 2.45) is 5.92 Å². The molecule has 2 aliphatic rings. The molecule has 0 radical (unpaired) electrons. The fourth-order valence-corrected chi connectivity index (χ4v) is 4.57. The van der Waals surface area contributed by atoms with Crippen molar-refractivity contribution in [1.82, 2.24) is 5.32 Å². The zero-order valence-electron chi connectivity index (χ0n) is 14.4. The Hall–Kier alpha value is -1.31. The van der Waals surface area contributed by atoms with E-state index in [1.807, 2.05) is 24.3 Å². The summed E-state index contributed by atoms with van der Waals surface area (Å²) >= 11 is 0. The molecule has 1 aromatic rings. The van der Waals surface area contributed by atoms with Gasteiger partial charge in [0.2, 0.25) is 5.91 Å². The van der Waals surface area contributed by atoms with Crippen molar-refractivity contribution in [1.29, 1.82) is 0 Å². The van der Waals surface area contributed by atoms with Crippen molar-refractivity contribution >= 4 is 39.5 Å². The van der Waals surface area contributed by atoms with Crippen LogP contribution in [0.25, 0.3) is 0 Å². The third-order valence-electron chi connectivity index (χ3n) is 4.82. The molecule has 0 saturated carbocycles. The molecule has 6 nitrogen and oxygen atoms in total. The average Bonchev–Trinajstić information content (AvgIpc) is 2.55. The summed E-state index contributed by atoms with van der Waals surface area (Å²) in [5.41, 5.74) is 1.73. The molecule has 1 aromatic carbocycles. The third-order valence-corrected chi connectivity index (χ3v) is 6.43. The lowest BCUT2D eigenvalue weighted by Crippen LogP contribution is -2.40. The number of nitrogens with one attached hydrogen (secondary N) is 2. The van der Waals surface area contributed by atoms with Crippen LogP contribution in [0, 0.1) is 5.92 Å². The van der Waals surface area contributed by atoms with Crippen molar-refractivity contribution in [3.8, 4) is 0 Å². The summed E-state index contributed by atoms with van der Waals surface area (Å²) in [4.78, 5) is 14.5. The summed E-state index contributed by atoms with van der Waals surface area (Å²) in [5.74, 6) is 0.499. The molecule has 0 unspecified atom stereocenters. The Labute approximate surface area is 155 Å². The van der Waals surface area contributed by atoms with Crippen molar-refractivity contribution in [3.63, 3.8) is 0 Å². The average molecular weight is 388 g/mol. The molecule has 2 atom stereocenters. The lowest BCUT2D eigenvalue weighted by Gasteiger charge is -2.29. The molecule has 2 N–H and O–H groups in total. The summed E-state index contributed by atoms with van der Waals surface area (Å²) < 4.78 is 23.1. The van der Waals surface area contributed by atoms with E-state index in [1.165, 1.54) is 0 Å². The number of halogens is 1. The van der Waals surface area contributed by atoms with E-state index in [-0.39, 0.29) is 35.7 Å². The molecule has 2 heterocycles. The maximum atomic E-state index is 12.5. The molecule has 0 spiro atoms. The minimum Gasteiger partial charge on any atom is -0.369 e. The number of carbonyl (C=O) groups excluding carboxylic acids is 1. The quantitative estimate of drug-likeness (QED) is 0.824. The second-order valence-electron chi connectivity index (χ2n) is 6.75. The maximum absolute atomic E-state index is 12.5. The van der Waals surface area contributed by atoms with Gasteiger partial charge in [0.1, 0.15) is 0 Å². The highest BCUT2D eigenvalue weighted by atomic mass is 35.5. The van der Waals surface area contributed by atoms with Gasteiger partial charge in [0.15, 0.2) is 9.84 Å². The van der Waals surface area contributed by atoms with E-state index in [1.54, 1.807) is 0 Å². The Balaban J connectivity index is 0.00000225. The van der Waals surface area contributed by atoms with Crippen LogP contribution in [0.5, 0.6) is 0 Å². The van der Waals surface area contributed by atoms with Crippen LogP contribution in [0.1, 0.15) is 19.8 Å². The number of amides is 1. The van der Waals surface area contributed by atoms with Gasteiger partial charge >= 0.3 is 0 Å². The largest absolute Gasteiger partial charge is 0.369 e. The van der Waals surface area contributed by atoms with Crippen molar-refractivity contribution in [2.45, 2.75) is 25.8 Å². The van der Waals surface area contributed by atoms with Crippen LogP contribution in [-0.4, -0.2) is 51.5 Å². The standard InChI is InChI=1S/C17H25N3O3S.ClH/c1-13-11-14(5-6-18-13)17(21)19-15-3-2-4-16(12-15)20-7-9-24(22,23)10-8-20;/h2-4,12-14,18H,5-11H2,1H3,(H,19,21);1H/t13-,14-;/m0./s1. The van der Waals surface area contributed by atoms with Gasteiger partial charge in [0, 0.05) is 36.4 Å². The first-order valence-corrected chi connectivity index (χ1v) is 10.3. The van der Waals surface area contributed by atoms with Crippen molar-refractivity contribution in [2.75, 3.05) is 41.4 Å². The van der Waals surface area contributed by atoms with Gasteiger partial charge in [-0.1, -0.05) is 6.07 Å². The highest BCUT2D eigenvalue weighted by Crippen LogP contribution is 2.23. The SMILES string of the molecule is C[C@H]1C[C@@H](C(=O)Nc2cccc(N3CCS(=O)(=O)CC3)c2)CCN1.Cl. The predicted octanol–water partition coefficient (Wildman–Crippen LogP) is 1.67. The highest BCUT2D eigenvalue weighted by molar-refractivity contribution is 7.91. The van der Waals surface area contributed by atoms with Gasteiger partial charge in [-0.25, -0.2) is 8.42 Å². The number of anilines is 2. The smallest absolute Gasteiger partial charge is 0.227 e. The zero-order valence-corrected chi connectivity index (χ0v) is 16.0. The van der Waals surface area contributed by atoms with E-state index in [0.29, 0.717) is 19.1 Å². The molecular weight excluding hydrogens is 362 g/mol. The van der Waals surface area contributed by atoms with E-state index >= 15 is 0 Å². The Morgan fingerprint density at radius 3 is 2.68 bits per heavy atom. The van der Waals surface area contributed by atoms with Crippen LogP contribution in [0.4, 0.5) is 11.4 Å². The van der Waals surface area contributed by atoms with Crippen LogP contribution in [-0.2, 0) is 14.6 Å². The fraction of sp³-hybridized carbons (Fsp3) is 0.588.